The lowest BCUT2D eigenvalue weighted by Gasteiger charge is -2.10. The van der Waals surface area contributed by atoms with Crippen LogP contribution in [-0.4, -0.2) is 31.7 Å². The number of hydrogen-bond acceptors (Lipinski definition) is 5. The van der Waals surface area contributed by atoms with E-state index in [1.54, 1.807) is 19.2 Å². The molecule has 0 saturated carbocycles. The van der Waals surface area contributed by atoms with Gasteiger partial charge in [-0.3, -0.25) is 10.1 Å². The first-order valence-electron chi connectivity index (χ1n) is 6.43. The van der Waals surface area contributed by atoms with Crippen molar-refractivity contribution < 1.29 is 9.66 Å². The van der Waals surface area contributed by atoms with Crippen molar-refractivity contribution in [1.29, 1.82) is 0 Å². The van der Waals surface area contributed by atoms with E-state index in [-0.39, 0.29) is 10.6 Å². The van der Waals surface area contributed by atoms with Crippen molar-refractivity contribution in [2.45, 2.75) is 19.8 Å². The fourth-order valence-corrected chi connectivity index (χ4v) is 1.64. The van der Waals surface area contributed by atoms with Crippen LogP contribution < -0.4 is 10.6 Å². The van der Waals surface area contributed by atoms with Crippen LogP contribution >= 0.6 is 0 Å². The van der Waals surface area contributed by atoms with E-state index in [0.717, 1.165) is 37.3 Å². The van der Waals surface area contributed by atoms with Crippen molar-refractivity contribution in [1.82, 2.24) is 0 Å². The van der Waals surface area contributed by atoms with E-state index in [1.807, 2.05) is 13.0 Å². The molecule has 0 bridgehead atoms. The Labute approximate surface area is 113 Å². The topological polar surface area (TPSA) is 76.4 Å². The van der Waals surface area contributed by atoms with E-state index in [1.165, 1.54) is 0 Å². The van der Waals surface area contributed by atoms with Crippen molar-refractivity contribution in [3.05, 3.63) is 28.3 Å². The molecule has 0 saturated heterocycles. The smallest absolute Gasteiger partial charge is 0.273 e. The Hall–Kier alpha value is -1.82. The third kappa shape index (κ3) is 5.56. The number of rotatable bonds is 9. The number of non-ortho nitro benzene ring substituents is 1. The Morgan fingerprint density at radius 3 is 2.37 bits per heavy atom. The van der Waals surface area contributed by atoms with Crippen LogP contribution in [0.3, 0.4) is 0 Å². The van der Waals surface area contributed by atoms with Gasteiger partial charge in [0.1, 0.15) is 0 Å². The normalized spacial score (nSPS) is 10.2. The van der Waals surface area contributed by atoms with Gasteiger partial charge in [-0.25, -0.2) is 0 Å². The molecule has 1 aromatic carbocycles. The van der Waals surface area contributed by atoms with Crippen LogP contribution in [0.1, 0.15) is 19.8 Å². The van der Waals surface area contributed by atoms with Gasteiger partial charge in [0.2, 0.25) is 0 Å². The SMILES string of the molecule is CCCNc1cc(NCCCOC)cc([N+](=O)[O-])c1. The minimum absolute atomic E-state index is 0.0929. The minimum Gasteiger partial charge on any atom is -0.385 e. The van der Waals surface area contributed by atoms with E-state index in [0.29, 0.717) is 6.61 Å². The van der Waals surface area contributed by atoms with E-state index in [2.05, 4.69) is 10.6 Å². The summed E-state index contributed by atoms with van der Waals surface area (Å²) >= 11 is 0. The van der Waals surface area contributed by atoms with Gasteiger partial charge in [-0.1, -0.05) is 6.92 Å². The lowest BCUT2D eigenvalue weighted by atomic mass is 10.2. The molecule has 0 aliphatic heterocycles. The molecule has 1 rings (SSSR count). The second-order valence-electron chi connectivity index (χ2n) is 4.23. The quantitative estimate of drug-likeness (QED) is 0.409. The molecule has 0 radical (unpaired) electrons. The molecule has 2 N–H and O–H groups in total. The molecule has 0 aliphatic carbocycles. The maximum absolute atomic E-state index is 10.9. The average molecular weight is 267 g/mol. The Morgan fingerprint density at radius 2 is 1.84 bits per heavy atom. The molecule has 0 aromatic heterocycles. The molecule has 1 aromatic rings. The molecule has 0 spiro atoms. The van der Waals surface area contributed by atoms with Gasteiger partial charge in [0.05, 0.1) is 4.92 Å². The molecule has 0 atom stereocenters. The number of methoxy groups -OCH3 is 1. The summed E-state index contributed by atoms with van der Waals surface area (Å²) in [5.41, 5.74) is 1.62. The van der Waals surface area contributed by atoms with Crippen LogP contribution in [-0.2, 0) is 4.74 Å². The van der Waals surface area contributed by atoms with Gasteiger partial charge in [-0.05, 0) is 18.9 Å². The highest BCUT2D eigenvalue weighted by Gasteiger charge is 2.09. The van der Waals surface area contributed by atoms with Gasteiger partial charge < -0.3 is 15.4 Å². The van der Waals surface area contributed by atoms with Crippen molar-refractivity contribution in [3.8, 4) is 0 Å². The number of nitrogens with zero attached hydrogens (tertiary/aromatic N) is 1. The van der Waals surface area contributed by atoms with Crippen LogP contribution in [0.5, 0.6) is 0 Å². The first-order chi connectivity index (χ1) is 9.17. The van der Waals surface area contributed by atoms with Crippen LogP contribution in [0.4, 0.5) is 17.1 Å². The molecule has 0 fully saturated rings. The number of nitrogens with one attached hydrogen (secondary N) is 2. The van der Waals surface area contributed by atoms with Crippen LogP contribution in [0, 0.1) is 10.1 Å². The fourth-order valence-electron chi connectivity index (χ4n) is 1.64. The summed E-state index contributed by atoms with van der Waals surface area (Å²) in [5.74, 6) is 0. The summed E-state index contributed by atoms with van der Waals surface area (Å²) in [7, 11) is 1.65. The minimum atomic E-state index is -0.378. The molecule has 0 unspecified atom stereocenters. The first kappa shape index (κ1) is 15.2. The molecular formula is C13H21N3O3. The van der Waals surface area contributed by atoms with Gasteiger partial charge in [0.25, 0.3) is 5.69 Å². The van der Waals surface area contributed by atoms with E-state index < -0.39 is 0 Å². The molecular weight excluding hydrogens is 246 g/mol. The molecule has 19 heavy (non-hydrogen) atoms. The lowest BCUT2D eigenvalue weighted by Crippen LogP contribution is -2.06. The van der Waals surface area contributed by atoms with Gasteiger partial charge >= 0.3 is 0 Å². The predicted molar refractivity (Wildman–Crippen MR) is 76.9 cm³/mol. The number of benzene rings is 1. The third-order valence-corrected chi connectivity index (χ3v) is 2.56. The van der Waals surface area contributed by atoms with Crippen molar-refractivity contribution in [2.24, 2.45) is 0 Å². The van der Waals surface area contributed by atoms with Gasteiger partial charge in [-0.2, -0.15) is 0 Å². The van der Waals surface area contributed by atoms with E-state index in [9.17, 15) is 10.1 Å². The zero-order chi connectivity index (χ0) is 14.1. The summed E-state index contributed by atoms with van der Waals surface area (Å²) in [6.45, 7) is 4.24. The summed E-state index contributed by atoms with van der Waals surface area (Å²) in [6, 6.07) is 4.98. The van der Waals surface area contributed by atoms with Crippen LogP contribution in [0.2, 0.25) is 0 Å². The van der Waals surface area contributed by atoms with E-state index in [4.69, 9.17) is 4.74 Å². The molecule has 6 heteroatoms. The maximum Gasteiger partial charge on any atom is 0.273 e. The summed E-state index contributed by atoms with van der Waals surface area (Å²) < 4.78 is 4.96. The highest BCUT2D eigenvalue weighted by molar-refractivity contribution is 5.63. The summed E-state index contributed by atoms with van der Waals surface area (Å²) in [5, 5.41) is 17.2. The number of hydrogen-bond donors (Lipinski definition) is 2. The largest absolute Gasteiger partial charge is 0.385 e. The summed E-state index contributed by atoms with van der Waals surface area (Å²) in [4.78, 5) is 10.5. The van der Waals surface area contributed by atoms with Crippen molar-refractivity contribution in [3.63, 3.8) is 0 Å². The number of nitro groups is 1. The molecule has 6 nitrogen and oxygen atoms in total. The Bertz CT molecular complexity index is 410. The standard InChI is InChI=1S/C13H21N3O3/c1-3-5-14-11-8-12(15-6-4-7-19-2)10-13(9-11)16(17)18/h8-10,14-15H,3-7H2,1-2H3. The lowest BCUT2D eigenvalue weighted by molar-refractivity contribution is -0.384. The van der Waals surface area contributed by atoms with Crippen molar-refractivity contribution >= 4 is 17.1 Å². The highest BCUT2D eigenvalue weighted by Crippen LogP contribution is 2.24. The van der Waals surface area contributed by atoms with Crippen LogP contribution in [0.25, 0.3) is 0 Å². The first-order valence-corrected chi connectivity index (χ1v) is 6.43. The second-order valence-corrected chi connectivity index (χ2v) is 4.23. The third-order valence-electron chi connectivity index (χ3n) is 2.56. The van der Waals surface area contributed by atoms with Gasteiger partial charge in [0.15, 0.2) is 0 Å². The predicted octanol–water partition coefficient (Wildman–Crippen LogP) is 2.87. The highest BCUT2D eigenvalue weighted by atomic mass is 16.6. The number of ether oxygens (including phenoxy) is 1. The fraction of sp³-hybridized carbons (Fsp3) is 0.538. The molecule has 0 aliphatic rings. The second kappa shape index (κ2) is 8.31. The Balaban J connectivity index is 2.72. The zero-order valence-electron chi connectivity index (χ0n) is 11.4. The summed E-state index contributed by atoms with van der Waals surface area (Å²) in [6.07, 6.45) is 1.83. The van der Waals surface area contributed by atoms with E-state index >= 15 is 0 Å². The number of anilines is 2. The monoisotopic (exact) mass is 267 g/mol. The van der Waals surface area contributed by atoms with Crippen LogP contribution in [0.15, 0.2) is 18.2 Å². The van der Waals surface area contributed by atoms with Gasteiger partial charge in [-0.15, -0.1) is 0 Å². The van der Waals surface area contributed by atoms with Gasteiger partial charge in [0, 0.05) is 50.3 Å². The average Bonchev–Trinajstić information content (AvgIpc) is 2.41. The molecule has 0 heterocycles. The maximum atomic E-state index is 10.9. The number of nitro benzene ring substituents is 1. The van der Waals surface area contributed by atoms with Crippen molar-refractivity contribution in [2.75, 3.05) is 37.4 Å². The Morgan fingerprint density at radius 1 is 1.21 bits per heavy atom. The molecule has 0 amide bonds. The Kier molecular flexibility index (Phi) is 6.67. The zero-order valence-corrected chi connectivity index (χ0v) is 11.4. The molecule has 106 valence electrons.